The molecule has 1 aliphatic carbocycles. The van der Waals surface area contributed by atoms with Crippen LogP contribution in [0.3, 0.4) is 0 Å². The van der Waals surface area contributed by atoms with Crippen LogP contribution < -0.4 is 5.32 Å². The minimum atomic E-state index is -4.56. The minimum absolute atomic E-state index is 0.00101. The van der Waals surface area contributed by atoms with E-state index in [0.717, 1.165) is 30.7 Å². The van der Waals surface area contributed by atoms with Gasteiger partial charge in [-0.05, 0) is 44.0 Å². The molecule has 4 aromatic rings. The highest BCUT2D eigenvalue weighted by Crippen LogP contribution is 2.40. The Labute approximate surface area is 196 Å². The number of nitriles is 1. The summed E-state index contributed by atoms with van der Waals surface area (Å²) >= 11 is 6.01. The van der Waals surface area contributed by atoms with Crippen LogP contribution in [-0.2, 0) is 6.18 Å². The third-order valence-electron chi connectivity index (χ3n) is 5.47. The highest BCUT2D eigenvalue weighted by molar-refractivity contribution is 6.34. The van der Waals surface area contributed by atoms with Crippen LogP contribution in [-0.4, -0.2) is 19.9 Å². The summed E-state index contributed by atoms with van der Waals surface area (Å²) < 4.78 is 45.0. The zero-order chi connectivity index (χ0) is 24.0. The van der Waals surface area contributed by atoms with Crippen LogP contribution in [0.25, 0.3) is 22.5 Å². The van der Waals surface area contributed by atoms with Crippen molar-refractivity contribution in [3.8, 4) is 17.5 Å². The second kappa shape index (κ2) is 8.25. The maximum absolute atomic E-state index is 13.1. The fourth-order valence-corrected chi connectivity index (χ4v) is 3.82. The second-order valence-corrected chi connectivity index (χ2v) is 8.44. The van der Waals surface area contributed by atoms with E-state index in [2.05, 4.69) is 20.3 Å². The van der Waals surface area contributed by atoms with Crippen molar-refractivity contribution in [2.24, 2.45) is 0 Å². The van der Waals surface area contributed by atoms with Crippen molar-refractivity contribution in [1.82, 2.24) is 19.9 Å². The van der Waals surface area contributed by atoms with E-state index in [-0.39, 0.29) is 22.1 Å². The fourth-order valence-electron chi connectivity index (χ4n) is 3.56. The monoisotopic (exact) mass is 484 g/mol. The van der Waals surface area contributed by atoms with Gasteiger partial charge in [-0.2, -0.15) is 23.4 Å². The van der Waals surface area contributed by atoms with Gasteiger partial charge >= 0.3 is 6.18 Å². The highest BCUT2D eigenvalue weighted by atomic mass is 35.5. The highest BCUT2D eigenvalue weighted by Gasteiger charge is 2.32. The molecule has 1 saturated carbocycles. The molecule has 172 valence electrons. The van der Waals surface area contributed by atoms with Crippen molar-refractivity contribution < 1.29 is 17.6 Å². The molecule has 0 saturated heterocycles. The lowest BCUT2D eigenvalue weighted by Crippen LogP contribution is -2.13. The Hall–Kier alpha value is -3.71. The first-order chi connectivity index (χ1) is 16.2. The van der Waals surface area contributed by atoms with Crippen LogP contribution in [0, 0.1) is 11.3 Å². The van der Waals surface area contributed by atoms with Crippen molar-refractivity contribution in [3.63, 3.8) is 0 Å². The van der Waals surface area contributed by atoms with Gasteiger partial charge in [0.05, 0.1) is 39.3 Å². The molecule has 7 nitrogen and oxygen atoms in total. The number of hydrogen-bond donors (Lipinski definition) is 1. The predicted molar refractivity (Wildman–Crippen MR) is 118 cm³/mol. The van der Waals surface area contributed by atoms with E-state index in [9.17, 15) is 13.2 Å². The van der Waals surface area contributed by atoms with Gasteiger partial charge in [0.15, 0.2) is 5.58 Å². The number of alkyl halides is 3. The average Bonchev–Trinajstić information content (AvgIpc) is 3.58. The molecular formula is C23H16ClF3N6O. The van der Waals surface area contributed by atoms with E-state index >= 15 is 0 Å². The van der Waals surface area contributed by atoms with Gasteiger partial charge in [-0.3, -0.25) is 15.0 Å². The van der Waals surface area contributed by atoms with E-state index in [0.29, 0.717) is 28.6 Å². The molecule has 3 aromatic heterocycles. The summed E-state index contributed by atoms with van der Waals surface area (Å²) in [6.45, 7) is 1.81. The minimum Gasteiger partial charge on any atom is -0.422 e. The standard InChI is InChI=1S/C23H16ClF3N6O/c1-11(31-22-33-17-7-14(23(25,26)27)6-15(24)21(17)34-22)19-20(16-5-2-12(8-28)9-29-16)30-10-18(32-19)13-3-4-13/h2,5-7,9-11,13H,3-4H2,1H3,(H,31,33)/t11-/m0/s1. The number of benzene rings is 1. The molecule has 1 aromatic carbocycles. The van der Waals surface area contributed by atoms with E-state index in [1.54, 1.807) is 18.3 Å². The van der Waals surface area contributed by atoms with E-state index < -0.39 is 17.8 Å². The van der Waals surface area contributed by atoms with Crippen LogP contribution in [0.1, 0.15) is 54.2 Å². The molecule has 1 atom stereocenters. The third-order valence-corrected chi connectivity index (χ3v) is 5.75. The van der Waals surface area contributed by atoms with Crippen LogP contribution in [0.2, 0.25) is 5.02 Å². The normalized spacial score (nSPS) is 14.7. The van der Waals surface area contributed by atoms with Gasteiger partial charge in [0.1, 0.15) is 17.3 Å². The van der Waals surface area contributed by atoms with Crippen molar-refractivity contribution in [3.05, 3.63) is 64.2 Å². The molecule has 11 heteroatoms. The number of fused-ring (bicyclic) bond motifs is 1. The van der Waals surface area contributed by atoms with Gasteiger partial charge in [-0.1, -0.05) is 11.6 Å². The summed E-state index contributed by atoms with van der Waals surface area (Å²) in [5, 5.41) is 11.9. The van der Waals surface area contributed by atoms with Crippen LogP contribution in [0.5, 0.6) is 0 Å². The Bertz CT molecular complexity index is 1420. The van der Waals surface area contributed by atoms with Crippen molar-refractivity contribution in [1.29, 1.82) is 5.26 Å². The third kappa shape index (κ3) is 4.26. The molecule has 0 unspecified atom stereocenters. The zero-order valence-electron chi connectivity index (χ0n) is 17.7. The number of rotatable bonds is 5. The first-order valence-corrected chi connectivity index (χ1v) is 10.8. The molecule has 0 aliphatic heterocycles. The zero-order valence-corrected chi connectivity index (χ0v) is 18.4. The van der Waals surface area contributed by atoms with Gasteiger partial charge in [0.25, 0.3) is 6.01 Å². The lowest BCUT2D eigenvalue weighted by atomic mass is 10.1. The Morgan fingerprint density at radius 2 is 1.97 bits per heavy atom. The molecule has 1 N–H and O–H groups in total. The largest absolute Gasteiger partial charge is 0.422 e. The number of hydrogen-bond acceptors (Lipinski definition) is 7. The summed E-state index contributed by atoms with van der Waals surface area (Å²) in [5.74, 6) is 0.352. The number of oxazole rings is 1. The quantitative estimate of drug-likeness (QED) is 0.356. The van der Waals surface area contributed by atoms with Crippen LogP contribution >= 0.6 is 11.6 Å². The summed E-state index contributed by atoms with van der Waals surface area (Å²) in [7, 11) is 0. The first kappa shape index (κ1) is 22.1. The molecule has 1 fully saturated rings. The number of halogens is 4. The maximum atomic E-state index is 13.1. The summed E-state index contributed by atoms with van der Waals surface area (Å²) in [6.07, 6.45) is 0.695. The van der Waals surface area contributed by atoms with Gasteiger partial charge in [-0.25, -0.2) is 0 Å². The first-order valence-electron chi connectivity index (χ1n) is 10.4. The van der Waals surface area contributed by atoms with Crippen LogP contribution in [0.15, 0.2) is 41.1 Å². The van der Waals surface area contributed by atoms with E-state index in [4.69, 9.17) is 26.3 Å². The molecule has 5 rings (SSSR count). The van der Waals surface area contributed by atoms with Crippen molar-refractivity contribution in [2.45, 2.75) is 37.9 Å². The van der Waals surface area contributed by atoms with Crippen LogP contribution in [0.4, 0.5) is 19.2 Å². The Kier molecular flexibility index (Phi) is 5.37. The SMILES string of the molecule is C[C@H](Nc1nc2cc(C(F)(F)F)cc(Cl)c2o1)c1nc(C2CC2)cnc1-c1ccc(C#N)cn1. The summed E-state index contributed by atoms with van der Waals surface area (Å²) in [6, 6.07) is 6.57. The number of aromatic nitrogens is 4. The fraction of sp³-hybridized carbons (Fsp3) is 0.261. The van der Waals surface area contributed by atoms with Crippen molar-refractivity contribution >= 4 is 28.7 Å². The predicted octanol–water partition coefficient (Wildman–Crippen LogP) is 6.27. The smallest absolute Gasteiger partial charge is 0.416 e. The molecular weight excluding hydrogens is 469 g/mol. The Balaban J connectivity index is 1.50. The molecule has 0 amide bonds. The Morgan fingerprint density at radius 3 is 2.62 bits per heavy atom. The Morgan fingerprint density at radius 1 is 1.18 bits per heavy atom. The molecule has 0 radical (unpaired) electrons. The van der Waals surface area contributed by atoms with Crippen molar-refractivity contribution in [2.75, 3.05) is 5.32 Å². The van der Waals surface area contributed by atoms with E-state index in [1.165, 1.54) is 6.20 Å². The lowest BCUT2D eigenvalue weighted by Gasteiger charge is -2.16. The summed E-state index contributed by atoms with van der Waals surface area (Å²) in [5.41, 5.74) is 2.03. The van der Waals surface area contributed by atoms with E-state index in [1.807, 2.05) is 13.0 Å². The number of nitrogens with one attached hydrogen (secondary N) is 1. The maximum Gasteiger partial charge on any atom is 0.416 e. The molecule has 3 heterocycles. The molecule has 0 bridgehead atoms. The van der Waals surface area contributed by atoms with Gasteiger partial charge in [0.2, 0.25) is 0 Å². The number of pyridine rings is 1. The summed E-state index contributed by atoms with van der Waals surface area (Å²) in [4.78, 5) is 17.8. The topological polar surface area (TPSA) is 101 Å². The molecule has 34 heavy (non-hydrogen) atoms. The lowest BCUT2D eigenvalue weighted by molar-refractivity contribution is -0.137. The van der Waals surface area contributed by atoms with Gasteiger partial charge < -0.3 is 9.73 Å². The van der Waals surface area contributed by atoms with Gasteiger partial charge in [0, 0.05) is 18.3 Å². The second-order valence-electron chi connectivity index (χ2n) is 8.04. The molecule has 0 spiro atoms. The number of anilines is 1. The average molecular weight is 485 g/mol. The number of nitrogens with zero attached hydrogens (tertiary/aromatic N) is 5. The molecule has 1 aliphatic rings. The van der Waals surface area contributed by atoms with Gasteiger partial charge in [-0.15, -0.1) is 0 Å².